The SMILES string of the molecule is O=C(O)c1ccc(CNC2C3Cc4ccccc4C32)cc1. The molecule has 2 aliphatic carbocycles. The van der Waals surface area contributed by atoms with Crippen LogP contribution in [0.2, 0.25) is 0 Å². The zero-order chi connectivity index (χ0) is 14.4. The Morgan fingerprint density at radius 2 is 1.90 bits per heavy atom. The van der Waals surface area contributed by atoms with Crippen LogP contribution in [0.4, 0.5) is 0 Å². The van der Waals surface area contributed by atoms with Crippen LogP contribution < -0.4 is 5.32 Å². The molecule has 0 bridgehead atoms. The van der Waals surface area contributed by atoms with Crippen LogP contribution in [0.15, 0.2) is 48.5 Å². The number of rotatable bonds is 4. The van der Waals surface area contributed by atoms with Gasteiger partial charge in [-0.3, -0.25) is 0 Å². The molecule has 2 aliphatic rings. The van der Waals surface area contributed by atoms with Crippen LogP contribution in [0.3, 0.4) is 0 Å². The van der Waals surface area contributed by atoms with E-state index in [-0.39, 0.29) is 0 Å². The predicted molar refractivity (Wildman–Crippen MR) is 80.4 cm³/mol. The summed E-state index contributed by atoms with van der Waals surface area (Å²) in [7, 11) is 0. The molecule has 0 amide bonds. The van der Waals surface area contributed by atoms with E-state index < -0.39 is 5.97 Å². The van der Waals surface area contributed by atoms with Crippen molar-refractivity contribution >= 4 is 5.97 Å². The van der Waals surface area contributed by atoms with Gasteiger partial charge in [-0.25, -0.2) is 4.79 Å². The Morgan fingerprint density at radius 1 is 1.14 bits per heavy atom. The maximum atomic E-state index is 10.8. The van der Waals surface area contributed by atoms with Gasteiger partial charge in [0, 0.05) is 18.5 Å². The predicted octanol–water partition coefficient (Wildman–Crippen LogP) is 2.81. The lowest BCUT2D eigenvalue weighted by Gasteiger charge is -2.09. The fourth-order valence-electron chi connectivity index (χ4n) is 3.63. The van der Waals surface area contributed by atoms with Gasteiger partial charge in [0.05, 0.1) is 5.56 Å². The van der Waals surface area contributed by atoms with E-state index in [9.17, 15) is 4.79 Å². The molecule has 2 N–H and O–H groups in total. The molecule has 2 aromatic carbocycles. The third-order valence-electron chi connectivity index (χ3n) is 4.78. The second kappa shape index (κ2) is 4.71. The largest absolute Gasteiger partial charge is 0.478 e. The first-order chi connectivity index (χ1) is 10.2. The lowest BCUT2D eigenvalue weighted by atomic mass is 10.0. The van der Waals surface area contributed by atoms with Gasteiger partial charge < -0.3 is 10.4 Å². The molecule has 0 radical (unpaired) electrons. The van der Waals surface area contributed by atoms with Crippen molar-refractivity contribution in [3.63, 3.8) is 0 Å². The average molecular weight is 279 g/mol. The first-order valence-electron chi connectivity index (χ1n) is 7.37. The van der Waals surface area contributed by atoms with Crippen molar-refractivity contribution in [2.45, 2.75) is 24.9 Å². The Morgan fingerprint density at radius 3 is 2.67 bits per heavy atom. The van der Waals surface area contributed by atoms with Gasteiger partial charge in [0.1, 0.15) is 0 Å². The number of fused-ring (bicyclic) bond motifs is 3. The summed E-state index contributed by atoms with van der Waals surface area (Å²) in [4.78, 5) is 10.8. The minimum Gasteiger partial charge on any atom is -0.478 e. The molecule has 3 nitrogen and oxygen atoms in total. The third-order valence-corrected chi connectivity index (χ3v) is 4.78. The van der Waals surface area contributed by atoms with Gasteiger partial charge in [-0.2, -0.15) is 0 Å². The molecule has 0 heterocycles. The molecular weight excluding hydrogens is 262 g/mol. The smallest absolute Gasteiger partial charge is 0.335 e. The van der Waals surface area contributed by atoms with E-state index >= 15 is 0 Å². The van der Waals surface area contributed by atoms with Crippen LogP contribution in [0, 0.1) is 5.92 Å². The Kier molecular flexibility index (Phi) is 2.82. The van der Waals surface area contributed by atoms with Gasteiger partial charge in [0.25, 0.3) is 0 Å². The summed E-state index contributed by atoms with van der Waals surface area (Å²) in [6.45, 7) is 0.805. The Labute approximate surface area is 123 Å². The molecule has 3 unspecified atom stereocenters. The Bertz CT molecular complexity index is 693. The van der Waals surface area contributed by atoms with Crippen LogP contribution in [0.1, 0.15) is 33.0 Å². The summed E-state index contributed by atoms with van der Waals surface area (Å²) >= 11 is 0. The van der Waals surface area contributed by atoms with Crippen LogP contribution in [-0.4, -0.2) is 17.1 Å². The van der Waals surface area contributed by atoms with Gasteiger partial charge in [-0.05, 0) is 41.2 Å². The highest BCUT2D eigenvalue weighted by molar-refractivity contribution is 5.87. The Hall–Kier alpha value is -2.13. The summed E-state index contributed by atoms with van der Waals surface area (Å²) in [6, 6.07) is 16.4. The highest BCUT2D eigenvalue weighted by atomic mass is 16.4. The van der Waals surface area contributed by atoms with Gasteiger partial charge in [0.2, 0.25) is 0 Å². The molecule has 0 saturated heterocycles. The quantitative estimate of drug-likeness (QED) is 0.904. The number of carboxylic acid groups (broad SMARTS) is 1. The normalized spacial score (nSPS) is 25.2. The first-order valence-corrected chi connectivity index (χ1v) is 7.37. The third kappa shape index (κ3) is 2.14. The molecule has 4 rings (SSSR count). The fraction of sp³-hybridized carbons (Fsp3) is 0.278. The number of nitrogens with one attached hydrogen (secondary N) is 1. The van der Waals surface area contributed by atoms with Crippen molar-refractivity contribution in [2.75, 3.05) is 0 Å². The zero-order valence-corrected chi connectivity index (χ0v) is 11.6. The summed E-state index contributed by atoms with van der Waals surface area (Å²) in [6.07, 6.45) is 1.19. The molecule has 21 heavy (non-hydrogen) atoms. The van der Waals surface area contributed by atoms with Crippen molar-refractivity contribution in [3.05, 3.63) is 70.8 Å². The van der Waals surface area contributed by atoms with E-state index in [0.29, 0.717) is 17.5 Å². The topological polar surface area (TPSA) is 49.3 Å². The van der Waals surface area contributed by atoms with Crippen molar-refractivity contribution in [1.82, 2.24) is 5.32 Å². The van der Waals surface area contributed by atoms with Crippen molar-refractivity contribution in [3.8, 4) is 0 Å². The van der Waals surface area contributed by atoms with Gasteiger partial charge in [-0.1, -0.05) is 36.4 Å². The number of benzene rings is 2. The van der Waals surface area contributed by atoms with Crippen LogP contribution in [-0.2, 0) is 13.0 Å². The van der Waals surface area contributed by atoms with E-state index in [2.05, 4.69) is 29.6 Å². The Balaban J connectivity index is 1.38. The zero-order valence-electron chi connectivity index (χ0n) is 11.6. The maximum absolute atomic E-state index is 10.8. The minimum absolute atomic E-state index is 0.343. The molecule has 0 aromatic heterocycles. The number of hydrogen-bond donors (Lipinski definition) is 2. The lowest BCUT2D eigenvalue weighted by molar-refractivity contribution is 0.0697. The molecule has 1 fully saturated rings. The molecule has 106 valence electrons. The van der Waals surface area contributed by atoms with Gasteiger partial charge >= 0.3 is 5.97 Å². The van der Waals surface area contributed by atoms with E-state index in [1.165, 1.54) is 17.5 Å². The van der Waals surface area contributed by atoms with E-state index in [1.54, 1.807) is 12.1 Å². The molecule has 2 aromatic rings. The molecular formula is C18H17NO2. The first kappa shape index (κ1) is 12.6. The summed E-state index contributed by atoms with van der Waals surface area (Å²) in [5.41, 5.74) is 4.51. The molecule has 0 spiro atoms. The van der Waals surface area contributed by atoms with Crippen LogP contribution in [0.25, 0.3) is 0 Å². The summed E-state index contributed by atoms with van der Waals surface area (Å²) in [5.74, 6) is 0.558. The number of aromatic carboxylic acids is 1. The molecule has 3 heteroatoms. The van der Waals surface area contributed by atoms with E-state index in [1.807, 2.05) is 12.1 Å². The fourth-order valence-corrected chi connectivity index (χ4v) is 3.63. The summed E-state index contributed by atoms with van der Waals surface area (Å²) < 4.78 is 0. The molecule has 0 aliphatic heterocycles. The van der Waals surface area contributed by atoms with Crippen molar-refractivity contribution in [2.24, 2.45) is 5.92 Å². The maximum Gasteiger partial charge on any atom is 0.335 e. The molecule has 3 atom stereocenters. The molecule has 1 saturated carbocycles. The van der Waals surface area contributed by atoms with Crippen LogP contribution >= 0.6 is 0 Å². The monoisotopic (exact) mass is 279 g/mol. The number of carbonyl (C=O) groups is 1. The number of hydrogen-bond acceptors (Lipinski definition) is 2. The van der Waals surface area contributed by atoms with Crippen molar-refractivity contribution < 1.29 is 9.90 Å². The van der Waals surface area contributed by atoms with Gasteiger partial charge in [0.15, 0.2) is 0 Å². The lowest BCUT2D eigenvalue weighted by Crippen LogP contribution is -2.20. The van der Waals surface area contributed by atoms with Gasteiger partial charge in [-0.15, -0.1) is 0 Å². The average Bonchev–Trinajstić information content (AvgIpc) is 3.04. The summed E-state index contributed by atoms with van der Waals surface area (Å²) in [5, 5.41) is 12.5. The number of carboxylic acids is 1. The standard InChI is InChI=1S/C18H17NO2/c20-18(21)12-7-5-11(6-8-12)10-19-17-15-9-13-3-1-2-4-14(13)16(15)17/h1-8,15-17,19H,9-10H2,(H,20,21). The van der Waals surface area contributed by atoms with E-state index in [4.69, 9.17) is 5.11 Å². The second-order valence-electron chi connectivity index (χ2n) is 6.00. The highest BCUT2D eigenvalue weighted by Gasteiger charge is 2.54. The highest BCUT2D eigenvalue weighted by Crippen LogP contribution is 2.56. The van der Waals surface area contributed by atoms with E-state index in [0.717, 1.165) is 18.0 Å². The van der Waals surface area contributed by atoms with Crippen molar-refractivity contribution in [1.29, 1.82) is 0 Å². The second-order valence-corrected chi connectivity index (χ2v) is 6.00. The van der Waals surface area contributed by atoms with Crippen LogP contribution in [0.5, 0.6) is 0 Å². The minimum atomic E-state index is -0.872.